The monoisotopic (exact) mass is 243 g/mol. The van der Waals surface area contributed by atoms with E-state index in [1.165, 1.54) is 0 Å². The average molecular weight is 243 g/mol. The second kappa shape index (κ2) is 3.91. The molecular formula is C15H17NO2. The van der Waals surface area contributed by atoms with Gasteiger partial charge in [-0.05, 0) is 42.4 Å². The van der Waals surface area contributed by atoms with E-state index in [4.69, 9.17) is 9.47 Å². The zero-order chi connectivity index (χ0) is 12.8. The lowest BCUT2D eigenvalue weighted by atomic mass is 9.56. The van der Waals surface area contributed by atoms with Gasteiger partial charge >= 0.3 is 0 Å². The zero-order valence-electron chi connectivity index (χ0n) is 10.8. The van der Waals surface area contributed by atoms with Gasteiger partial charge in [-0.2, -0.15) is 5.26 Å². The lowest BCUT2D eigenvalue weighted by Gasteiger charge is -2.45. The lowest BCUT2D eigenvalue weighted by molar-refractivity contribution is 0.144. The van der Waals surface area contributed by atoms with Crippen molar-refractivity contribution in [1.82, 2.24) is 0 Å². The summed E-state index contributed by atoms with van der Waals surface area (Å²) in [5.74, 6) is 2.87. The fraction of sp³-hybridized carbons (Fsp3) is 0.533. The molecule has 1 aliphatic heterocycles. The Morgan fingerprint density at radius 3 is 2.67 bits per heavy atom. The zero-order valence-corrected chi connectivity index (χ0v) is 10.8. The van der Waals surface area contributed by atoms with Gasteiger partial charge in [0.2, 0.25) is 6.79 Å². The Bertz CT molecular complexity index is 510. The van der Waals surface area contributed by atoms with Gasteiger partial charge in [0.15, 0.2) is 11.5 Å². The van der Waals surface area contributed by atoms with Crippen LogP contribution in [0.25, 0.3) is 0 Å². The minimum absolute atomic E-state index is 0.285. The molecule has 0 bridgehead atoms. The molecular weight excluding hydrogens is 226 g/mol. The van der Waals surface area contributed by atoms with Crippen LogP contribution in [0.1, 0.15) is 32.3 Å². The highest BCUT2D eigenvalue weighted by molar-refractivity contribution is 5.49. The van der Waals surface area contributed by atoms with Crippen molar-refractivity contribution in [1.29, 1.82) is 5.26 Å². The smallest absolute Gasteiger partial charge is 0.231 e. The Morgan fingerprint density at radius 2 is 2.00 bits per heavy atom. The van der Waals surface area contributed by atoms with Crippen molar-refractivity contribution >= 4 is 0 Å². The van der Waals surface area contributed by atoms with Gasteiger partial charge in [-0.25, -0.2) is 0 Å². The third-order valence-corrected chi connectivity index (χ3v) is 4.30. The largest absolute Gasteiger partial charge is 0.454 e. The predicted molar refractivity (Wildman–Crippen MR) is 67.4 cm³/mol. The van der Waals surface area contributed by atoms with Crippen LogP contribution in [0.5, 0.6) is 11.5 Å². The Balaban J connectivity index is 1.88. The Labute approximate surface area is 107 Å². The molecule has 0 amide bonds. The van der Waals surface area contributed by atoms with Crippen molar-refractivity contribution in [2.24, 2.45) is 11.8 Å². The molecule has 3 heteroatoms. The third kappa shape index (κ3) is 1.56. The molecule has 0 radical (unpaired) electrons. The van der Waals surface area contributed by atoms with E-state index in [9.17, 15) is 5.26 Å². The first-order valence-corrected chi connectivity index (χ1v) is 6.46. The first kappa shape index (κ1) is 11.4. The number of rotatable bonds is 2. The van der Waals surface area contributed by atoms with Crippen LogP contribution in [0.2, 0.25) is 0 Å². The van der Waals surface area contributed by atoms with Crippen molar-refractivity contribution < 1.29 is 9.47 Å². The topological polar surface area (TPSA) is 42.2 Å². The first-order chi connectivity index (χ1) is 8.64. The Morgan fingerprint density at radius 1 is 1.28 bits per heavy atom. The molecule has 0 aromatic heterocycles. The van der Waals surface area contributed by atoms with Crippen molar-refractivity contribution in [3.05, 3.63) is 23.8 Å². The highest BCUT2D eigenvalue weighted by atomic mass is 16.7. The second-order valence-electron chi connectivity index (χ2n) is 5.67. The minimum Gasteiger partial charge on any atom is -0.454 e. The number of ether oxygens (including phenoxy) is 2. The van der Waals surface area contributed by atoms with Gasteiger partial charge in [0.25, 0.3) is 0 Å². The molecule has 3 nitrogen and oxygen atoms in total. The van der Waals surface area contributed by atoms with E-state index in [0.29, 0.717) is 11.8 Å². The number of benzene rings is 1. The second-order valence-corrected chi connectivity index (χ2v) is 5.67. The first-order valence-electron chi connectivity index (χ1n) is 6.46. The van der Waals surface area contributed by atoms with Crippen LogP contribution in [-0.4, -0.2) is 6.79 Å². The van der Waals surface area contributed by atoms with Crippen molar-refractivity contribution in [3.63, 3.8) is 0 Å². The minimum atomic E-state index is -0.310. The van der Waals surface area contributed by atoms with Crippen LogP contribution in [0, 0.1) is 23.2 Å². The number of nitrogens with zero attached hydrogens (tertiary/aromatic N) is 1. The van der Waals surface area contributed by atoms with E-state index in [0.717, 1.165) is 29.9 Å². The number of hydrogen-bond donors (Lipinski definition) is 0. The maximum Gasteiger partial charge on any atom is 0.231 e. The Hall–Kier alpha value is -1.69. The number of nitriles is 1. The summed E-state index contributed by atoms with van der Waals surface area (Å²) in [7, 11) is 0. The molecule has 1 aromatic carbocycles. The Kier molecular flexibility index (Phi) is 2.48. The molecule has 1 fully saturated rings. The summed E-state index contributed by atoms with van der Waals surface area (Å²) >= 11 is 0. The highest BCUT2D eigenvalue weighted by Crippen LogP contribution is 2.51. The van der Waals surface area contributed by atoms with Gasteiger partial charge in [0.1, 0.15) is 0 Å². The van der Waals surface area contributed by atoms with Gasteiger partial charge in [-0.15, -0.1) is 0 Å². The molecule has 0 spiro atoms. The molecule has 1 aromatic rings. The van der Waals surface area contributed by atoms with Crippen LogP contribution in [0.15, 0.2) is 18.2 Å². The highest BCUT2D eigenvalue weighted by Gasteiger charge is 2.47. The van der Waals surface area contributed by atoms with Crippen LogP contribution >= 0.6 is 0 Å². The van der Waals surface area contributed by atoms with Gasteiger partial charge < -0.3 is 9.47 Å². The number of fused-ring (bicyclic) bond motifs is 1. The maximum absolute atomic E-state index is 9.52. The molecule has 1 heterocycles. The van der Waals surface area contributed by atoms with Crippen molar-refractivity contribution in [3.8, 4) is 17.6 Å². The van der Waals surface area contributed by atoms with E-state index in [2.05, 4.69) is 19.9 Å². The summed E-state index contributed by atoms with van der Waals surface area (Å²) in [6, 6.07) is 8.41. The fourth-order valence-corrected chi connectivity index (χ4v) is 2.89. The van der Waals surface area contributed by atoms with E-state index in [-0.39, 0.29) is 12.2 Å². The number of hydrogen-bond acceptors (Lipinski definition) is 3. The molecule has 0 unspecified atom stereocenters. The molecule has 2 aliphatic rings. The molecule has 94 valence electrons. The summed E-state index contributed by atoms with van der Waals surface area (Å²) < 4.78 is 10.7. The lowest BCUT2D eigenvalue weighted by Crippen LogP contribution is -2.42. The quantitative estimate of drug-likeness (QED) is 0.800. The van der Waals surface area contributed by atoms with E-state index >= 15 is 0 Å². The van der Waals surface area contributed by atoms with Crippen molar-refractivity contribution in [2.45, 2.75) is 32.1 Å². The SMILES string of the molecule is CC(C)C1CC(C#N)(c2ccc3c(c2)OCO3)C1. The van der Waals surface area contributed by atoms with E-state index < -0.39 is 0 Å². The third-order valence-electron chi connectivity index (χ3n) is 4.30. The summed E-state index contributed by atoms with van der Waals surface area (Å²) in [5, 5.41) is 9.52. The average Bonchev–Trinajstić information content (AvgIpc) is 2.75. The summed E-state index contributed by atoms with van der Waals surface area (Å²) in [6.45, 7) is 4.74. The van der Waals surface area contributed by atoms with Crippen LogP contribution in [-0.2, 0) is 5.41 Å². The standard InChI is InChI=1S/C15H17NO2/c1-10(2)11-6-15(7-11,8-16)12-3-4-13-14(5-12)18-9-17-13/h3-5,10-11H,6-7,9H2,1-2H3. The van der Waals surface area contributed by atoms with Gasteiger partial charge in [-0.1, -0.05) is 19.9 Å². The fourth-order valence-electron chi connectivity index (χ4n) is 2.89. The molecule has 3 rings (SSSR count). The summed E-state index contributed by atoms with van der Waals surface area (Å²) in [4.78, 5) is 0. The molecule has 0 saturated heterocycles. The normalized spacial score (nSPS) is 28.9. The molecule has 18 heavy (non-hydrogen) atoms. The summed E-state index contributed by atoms with van der Waals surface area (Å²) in [6.07, 6.45) is 1.92. The molecule has 0 atom stereocenters. The van der Waals surface area contributed by atoms with Gasteiger partial charge in [0, 0.05) is 0 Å². The van der Waals surface area contributed by atoms with E-state index in [1.807, 2.05) is 18.2 Å². The van der Waals surface area contributed by atoms with Crippen molar-refractivity contribution in [2.75, 3.05) is 6.79 Å². The van der Waals surface area contributed by atoms with Crippen LogP contribution in [0.3, 0.4) is 0 Å². The van der Waals surface area contributed by atoms with Gasteiger partial charge in [0.05, 0.1) is 11.5 Å². The summed E-state index contributed by atoms with van der Waals surface area (Å²) in [5.41, 5.74) is 0.766. The van der Waals surface area contributed by atoms with Crippen LogP contribution < -0.4 is 9.47 Å². The maximum atomic E-state index is 9.52. The predicted octanol–water partition coefficient (Wildman–Crippen LogP) is 3.24. The molecule has 1 aliphatic carbocycles. The van der Waals surface area contributed by atoms with E-state index in [1.54, 1.807) is 0 Å². The molecule has 0 N–H and O–H groups in total. The van der Waals surface area contributed by atoms with Gasteiger partial charge in [-0.3, -0.25) is 0 Å². The van der Waals surface area contributed by atoms with Crippen LogP contribution in [0.4, 0.5) is 0 Å². The molecule has 1 saturated carbocycles.